The van der Waals surface area contributed by atoms with Crippen LogP contribution in [0.2, 0.25) is 0 Å². The van der Waals surface area contributed by atoms with Crippen molar-refractivity contribution < 1.29 is 33.1 Å². The van der Waals surface area contributed by atoms with Gasteiger partial charge in [0.25, 0.3) is 0 Å². The van der Waals surface area contributed by atoms with Crippen molar-refractivity contribution in [1.82, 2.24) is 44.7 Å². The smallest absolute Gasteiger partial charge is 0.343 e. The lowest BCUT2D eigenvalue weighted by Gasteiger charge is -2.43. The van der Waals surface area contributed by atoms with Crippen molar-refractivity contribution in [1.29, 1.82) is 0 Å². The monoisotopic (exact) mass is 982 g/mol. The van der Waals surface area contributed by atoms with Gasteiger partial charge in [-0.15, -0.1) is 0 Å². The van der Waals surface area contributed by atoms with Gasteiger partial charge >= 0.3 is 5.97 Å². The van der Waals surface area contributed by atoms with Gasteiger partial charge in [-0.05, 0) is 109 Å². The van der Waals surface area contributed by atoms with E-state index in [1.807, 2.05) is 13.2 Å². The summed E-state index contributed by atoms with van der Waals surface area (Å²) in [7, 11) is 1.84. The van der Waals surface area contributed by atoms with Crippen LogP contribution in [0, 0.1) is 30.5 Å². The summed E-state index contributed by atoms with van der Waals surface area (Å²) in [5, 5.41) is 16.4. The quantitative estimate of drug-likeness (QED) is 0.130. The number of ether oxygens (including phenoxy) is 1. The third kappa shape index (κ3) is 12.2. The molecule has 3 aromatic rings. The summed E-state index contributed by atoms with van der Waals surface area (Å²) >= 11 is 0. The highest BCUT2D eigenvalue weighted by Crippen LogP contribution is 2.34. The van der Waals surface area contributed by atoms with Gasteiger partial charge in [-0.1, -0.05) is 0 Å². The highest BCUT2D eigenvalue weighted by atomic mass is 19.1. The first-order valence-corrected chi connectivity index (χ1v) is 26.1. The molecule has 2 saturated carbocycles. The molecule has 6 aliphatic rings. The number of amides is 4. The molecular formula is C51H72FN13O6. The van der Waals surface area contributed by atoms with Gasteiger partial charge in [0.05, 0.1) is 29.9 Å². The average molecular weight is 982 g/mol. The molecule has 1 unspecified atom stereocenters. The van der Waals surface area contributed by atoms with Gasteiger partial charge in [0, 0.05) is 121 Å². The number of benzene rings is 1. The highest BCUT2D eigenvalue weighted by molar-refractivity contribution is 6.01. The van der Waals surface area contributed by atoms with Crippen LogP contribution in [0.3, 0.4) is 0 Å². The summed E-state index contributed by atoms with van der Waals surface area (Å²) in [5.41, 5.74) is 2.72. The molecule has 1 atom stereocenters. The number of aryl methyl sites for hydroxylation is 2. The number of imide groups is 1. The number of esters is 1. The summed E-state index contributed by atoms with van der Waals surface area (Å²) in [6.45, 7) is 12.7. The normalized spacial score (nSPS) is 25.1. The highest BCUT2D eigenvalue weighted by Gasteiger charge is 2.38. The molecule has 6 heterocycles. The van der Waals surface area contributed by atoms with Crippen LogP contribution in [-0.2, 0) is 31.0 Å². The first kappa shape index (κ1) is 50.1. The molecule has 0 radical (unpaired) electrons. The number of nitrogens with one attached hydrogen (secondary N) is 4. The van der Waals surface area contributed by atoms with Gasteiger partial charge < -0.3 is 35.4 Å². The number of halogens is 1. The lowest BCUT2D eigenvalue weighted by atomic mass is 9.80. The van der Waals surface area contributed by atoms with Gasteiger partial charge in [-0.25, -0.2) is 14.2 Å². The molecule has 4 aliphatic heterocycles. The number of hydrogen-bond donors (Lipinski definition) is 4. The van der Waals surface area contributed by atoms with Crippen LogP contribution in [0.25, 0.3) is 0 Å². The van der Waals surface area contributed by atoms with E-state index >= 15 is 4.39 Å². The van der Waals surface area contributed by atoms with Gasteiger partial charge in [0.1, 0.15) is 23.2 Å². The number of anilines is 5. The molecule has 2 aromatic heterocycles. The van der Waals surface area contributed by atoms with E-state index in [-0.39, 0.29) is 60.4 Å². The third-order valence-electron chi connectivity index (χ3n) is 15.8. The summed E-state index contributed by atoms with van der Waals surface area (Å²) < 4.78 is 22.3. The van der Waals surface area contributed by atoms with Crippen LogP contribution in [0.15, 0.2) is 30.6 Å². The number of piperidine rings is 2. The first-order valence-electron chi connectivity index (χ1n) is 26.1. The van der Waals surface area contributed by atoms with E-state index in [0.29, 0.717) is 52.8 Å². The standard InChI is InChI=1S/C51H72FN13O6/c1-4-71-50(70)45-33(2)54-51(57-39-30-53-60(3)32-39)59-46(45)56-37-9-12-40(13-10-37)62-25-27-65(28-26-62)49(69)36-7-5-35(6-8-36)48(68)64-19-17-34(18-20-64)31-61-21-23-63(24-22-61)43-15-11-38(29-41(43)52)55-42-14-16-44(66)58-47(42)67/h11,15,29-30,32,34-37,40,42,55H,4-10,12-14,16-28,31H2,1-3H3,(H,58,66,67)(H2,54,56,57,59). The lowest BCUT2D eigenvalue weighted by molar-refractivity contribution is -0.143. The van der Waals surface area contributed by atoms with Crippen molar-refractivity contribution in [2.75, 3.05) is 99.4 Å². The van der Waals surface area contributed by atoms with Crippen molar-refractivity contribution in [2.45, 2.75) is 109 Å². The molecule has 0 spiro atoms. The Morgan fingerprint density at radius 3 is 2.08 bits per heavy atom. The van der Waals surface area contributed by atoms with Crippen LogP contribution in [0.4, 0.5) is 33.2 Å². The van der Waals surface area contributed by atoms with E-state index in [9.17, 15) is 24.0 Å². The van der Waals surface area contributed by atoms with Crippen molar-refractivity contribution in [3.63, 3.8) is 0 Å². The van der Waals surface area contributed by atoms with Gasteiger partial charge in [-0.2, -0.15) is 10.1 Å². The van der Waals surface area contributed by atoms with Crippen LogP contribution in [0.5, 0.6) is 0 Å². The average Bonchev–Trinajstić information content (AvgIpc) is 3.79. The Morgan fingerprint density at radius 2 is 1.46 bits per heavy atom. The molecule has 20 heteroatoms. The second-order valence-corrected chi connectivity index (χ2v) is 20.5. The molecule has 2 aliphatic carbocycles. The lowest BCUT2D eigenvalue weighted by Crippen LogP contribution is -2.54. The van der Waals surface area contributed by atoms with Gasteiger partial charge in [0.15, 0.2) is 0 Å². The Labute approximate surface area is 416 Å². The van der Waals surface area contributed by atoms with Gasteiger partial charge in [-0.3, -0.25) is 39.0 Å². The maximum Gasteiger partial charge on any atom is 0.343 e. The number of carbonyl (C=O) groups is 5. The Balaban J connectivity index is 0.656. The van der Waals surface area contributed by atoms with Crippen molar-refractivity contribution in [2.24, 2.45) is 24.8 Å². The predicted molar refractivity (Wildman–Crippen MR) is 267 cm³/mol. The fourth-order valence-corrected chi connectivity index (χ4v) is 11.7. The largest absolute Gasteiger partial charge is 0.462 e. The topological polar surface area (TPSA) is 202 Å². The molecule has 384 valence electrons. The van der Waals surface area contributed by atoms with Crippen LogP contribution >= 0.6 is 0 Å². The zero-order chi connectivity index (χ0) is 49.6. The Bertz CT molecular complexity index is 2380. The van der Waals surface area contributed by atoms with Crippen LogP contribution < -0.4 is 26.2 Å². The van der Waals surface area contributed by atoms with E-state index in [2.05, 4.69) is 55.8 Å². The molecule has 1 aromatic carbocycles. The zero-order valence-electron chi connectivity index (χ0n) is 41.7. The summed E-state index contributed by atoms with van der Waals surface area (Å²) in [6, 6.07) is 5.01. The fourth-order valence-electron chi connectivity index (χ4n) is 11.7. The molecule has 6 fully saturated rings. The second kappa shape index (κ2) is 22.7. The minimum absolute atomic E-state index is 0.00603. The number of carbonyl (C=O) groups excluding carboxylic acids is 5. The minimum Gasteiger partial charge on any atom is -0.462 e. The van der Waals surface area contributed by atoms with E-state index in [1.54, 1.807) is 36.9 Å². The summed E-state index contributed by atoms with van der Waals surface area (Å²) in [5.74, 6) is 0.426. The maximum atomic E-state index is 15.3. The van der Waals surface area contributed by atoms with Gasteiger partial charge in [0.2, 0.25) is 29.6 Å². The number of piperazine rings is 2. The number of rotatable bonds is 14. The summed E-state index contributed by atoms with van der Waals surface area (Å²) in [4.78, 5) is 84.7. The van der Waals surface area contributed by atoms with Crippen LogP contribution in [0.1, 0.15) is 100 Å². The summed E-state index contributed by atoms with van der Waals surface area (Å²) in [6.07, 6.45) is 13.1. The molecule has 4 N–H and O–H groups in total. The zero-order valence-corrected chi connectivity index (χ0v) is 41.7. The fraction of sp³-hybridized carbons (Fsp3) is 0.647. The maximum absolute atomic E-state index is 15.3. The predicted octanol–water partition coefficient (Wildman–Crippen LogP) is 4.53. The van der Waals surface area contributed by atoms with E-state index in [4.69, 9.17) is 9.72 Å². The third-order valence-corrected chi connectivity index (χ3v) is 15.8. The van der Waals surface area contributed by atoms with Crippen molar-refractivity contribution >= 4 is 58.4 Å². The number of likely N-dealkylation sites (tertiary alicyclic amines) is 1. The molecule has 19 nitrogen and oxygen atoms in total. The number of aromatic nitrogens is 4. The molecule has 4 saturated heterocycles. The molecule has 9 rings (SSSR count). The second-order valence-electron chi connectivity index (χ2n) is 20.5. The van der Waals surface area contributed by atoms with E-state index in [1.165, 1.54) is 6.07 Å². The molecule has 71 heavy (non-hydrogen) atoms. The Kier molecular flexibility index (Phi) is 16.0. The Morgan fingerprint density at radius 1 is 0.789 bits per heavy atom. The van der Waals surface area contributed by atoms with E-state index < -0.39 is 12.0 Å². The number of nitrogens with zero attached hydrogens (tertiary/aromatic N) is 9. The molecule has 4 amide bonds. The first-order chi connectivity index (χ1) is 34.4. The van der Waals surface area contributed by atoms with E-state index in [0.717, 1.165) is 142 Å². The minimum atomic E-state index is -0.559. The molecule has 0 bridgehead atoms. The molecular weight excluding hydrogens is 910 g/mol. The van der Waals surface area contributed by atoms with Crippen molar-refractivity contribution in [3.05, 3.63) is 47.7 Å². The van der Waals surface area contributed by atoms with Crippen molar-refractivity contribution in [3.8, 4) is 0 Å². The van der Waals surface area contributed by atoms with Crippen LogP contribution in [-0.4, -0.2) is 166 Å². The number of hydrogen-bond acceptors (Lipinski definition) is 15. The Hall–Kier alpha value is -5.89. The SMILES string of the molecule is CCOC(=O)c1c(C)nc(Nc2cnn(C)c2)nc1NC1CCC(N2CCN(C(=O)C3CCC(C(=O)N4CCC(CN5CCN(c6ccc(NC7CCC(=O)NC7=O)cc6F)CC5)CC4)CC3)CC2)CC1.